The molecule has 0 aliphatic heterocycles. The van der Waals surface area contributed by atoms with Crippen LogP contribution >= 0.6 is 0 Å². The number of rotatable bonds is 5. The third kappa shape index (κ3) is 3.31. The van der Waals surface area contributed by atoms with Crippen molar-refractivity contribution < 1.29 is 0 Å². The zero-order valence-electron chi connectivity index (χ0n) is 10.6. The quantitative estimate of drug-likeness (QED) is 0.769. The van der Waals surface area contributed by atoms with E-state index < -0.39 is 0 Å². The summed E-state index contributed by atoms with van der Waals surface area (Å²) in [4.78, 5) is 17.9. The molecule has 5 heteroatoms. The van der Waals surface area contributed by atoms with E-state index in [0.29, 0.717) is 18.9 Å². The minimum atomic E-state index is -0.124. The average Bonchev–Trinajstić information content (AvgIpc) is 2.31. The molecule has 0 aliphatic carbocycles. The molecule has 0 fully saturated rings. The molecule has 0 saturated heterocycles. The van der Waals surface area contributed by atoms with Gasteiger partial charge in [0.15, 0.2) is 5.82 Å². The van der Waals surface area contributed by atoms with Gasteiger partial charge in [-0.1, -0.05) is 6.92 Å². The van der Waals surface area contributed by atoms with Crippen molar-refractivity contribution in [3.05, 3.63) is 22.7 Å². The smallest absolute Gasteiger partial charge is 0.293 e. The molecule has 0 aromatic carbocycles. The van der Waals surface area contributed by atoms with Crippen molar-refractivity contribution in [1.29, 1.82) is 5.26 Å². The molecule has 1 aromatic rings. The van der Waals surface area contributed by atoms with Gasteiger partial charge in [0, 0.05) is 32.5 Å². The Hall–Kier alpha value is -1.83. The van der Waals surface area contributed by atoms with Gasteiger partial charge in [-0.2, -0.15) is 5.26 Å². The van der Waals surface area contributed by atoms with Crippen LogP contribution in [0.25, 0.3) is 0 Å². The summed E-state index contributed by atoms with van der Waals surface area (Å²) in [5.41, 5.74) is -0.0954. The second-order valence-corrected chi connectivity index (χ2v) is 4.16. The standard InChI is InChI=1S/C12H18N4O/c1-4-6-16-7-5-14-11(12(16)17)15(3)9-10(2)8-13/h5,7,10H,4,6,9H2,1-3H3. The van der Waals surface area contributed by atoms with E-state index in [0.717, 1.165) is 6.42 Å². The van der Waals surface area contributed by atoms with Crippen molar-refractivity contribution in [1.82, 2.24) is 9.55 Å². The number of aryl methyl sites for hydroxylation is 1. The van der Waals surface area contributed by atoms with Gasteiger partial charge in [0.25, 0.3) is 5.56 Å². The first-order valence-corrected chi connectivity index (χ1v) is 5.76. The Balaban J connectivity index is 2.95. The monoisotopic (exact) mass is 234 g/mol. The molecule has 17 heavy (non-hydrogen) atoms. The number of nitriles is 1. The zero-order valence-corrected chi connectivity index (χ0v) is 10.6. The van der Waals surface area contributed by atoms with Gasteiger partial charge < -0.3 is 9.47 Å². The summed E-state index contributed by atoms with van der Waals surface area (Å²) < 4.78 is 1.65. The molecule has 0 aliphatic rings. The number of anilines is 1. The molecule has 1 aromatic heterocycles. The summed E-state index contributed by atoms with van der Waals surface area (Å²) in [6.45, 7) is 5.04. The second-order valence-electron chi connectivity index (χ2n) is 4.16. The highest BCUT2D eigenvalue weighted by Gasteiger charge is 2.12. The fourth-order valence-electron chi connectivity index (χ4n) is 1.65. The molecule has 1 heterocycles. The fraction of sp³-hybridized carbons (Fsp3) is 0.583. The van der Waals surface area contributed by atoms with Gasteiger partial charge in [0.2, 0.25) is 0 Å². The van der Waals surface area contributed by atoms with Crippen LogP contribution in [0.15, 0.2) is 17.2 Å². The minimum Gasteiger partial charge on any atom is -0.354 e. The average molecular weight is 234 g/mol. The molecule has 1 atom stereocenters. The van der Waals surface area contributed by atoms with E-state index in [1.807, 2.05) is 13.8 Å². The van der Waals surface area contributed by atoms with E-state index in [9.17, 15) is 4.79 Å². The predicted octanol–water partition coefficient (Wildman–Crippen LogP) is 1.25. The van der Waals surface area contributed by atoms with Gasteiger partial charge in [-0.05, 0) is 13.3 Å². The Kier molecular flexibility index (Phi) is 4.70. The lowest BCUT2D eigenvalue weighted by Gasteiger charge is -2.19. The third-order valence-corrected chi connectivity index (χ3v) is 2.49. The fourth-order valence-corrected chi connectivity index (χ4v) is 1.65. The Bertz CT molecular complexity index is 460. The van der Waals surface area contributed by atoms with Gasteiger partial charge in [-0.25, -0.2) is 4.98 Å². The first kappa shape index (κ1) is 13.2. The number of nitrogens with zero attached hydrogens (tertiary/aromatic N) is 4. The van der Waals surface area contributed by atoms with Crippen LogP contribution in [-0.2, 0) is 6.54 Å². The van der Waals surface area contributed by atoms with Crippen molar-refractivity contribution >= 4 is 5.82 Å². The summed E-state index contributed by atoms with van der Waals surface area (Å²) in [5.74, 6) is 0.282. The van der Waals surface area contributed by atoms with E-state index in [2.05, 4.69) is 11.1 Å². The van der Waals surface area contributed by atoms with E-state index in [1.165, 1.54) is 0 Å². The van der Waals surface area contributed by atoms with Gasteiger partial charge in [0.05, 0.1) is 12.0 Å². The Morgan fingerprint density at radius 3 is 2.94 bits per heavy atom. The summed E-state index contributed by atoms with van der Waals surface area (Å²) in [6, 6.07) is 2.15. The van der Waals surface area contributed by atoms with Gasteiger partial charge >= 0.3 is 0 Å². The maximum atomic E-state index is 12.0. The molecule has 0 N–H and O–H groups in total. The van der Waals surface area contributed by atoms with Crippen LogP contribution in [0.2, 0.25) is 0 Å². The number of hydrogen-bond acceptors (Lipinski definition) is 4. The lowest BCUT2D eigenvalue weighted by Crippen LogP contribution is -2.33. The zero-order chi connectivity index (χ0) is 12.8. The highest BCUT2D eigenvalue weighted by Crippen LogP contribution is 2.04. The molecular formula is C12H18N4O. The normalized spacial score (nSPS) is 11.9. The topological polar surface area (TPSA) is 61.9 Å². The summed E-state index contributed by atoms with van der Waals surface area (Å²) >= 11 is 0. The van der Waals surface area contributed by atoms with Gasteiger partial charge in [-0.15, -0.1) is 0 Å². The number of hydrogen-bond donors (Lipinski definition) is 0. The van der Waals surface area contributed by atoms with Crippen molar-refractivity contribution in [2.75, 3.05) is 18.5 Å². The van der Waals surface area contributed by atoms with E-state index in [-0.39, 0.29) is 11.5 Å². The predicted molar refractivity (Wildman–Crippen MR) is 66.8 cm³/mol. The molecule has 0 spiro atoms. The van der Waals surface area contributed by atoms with Crippen molar-refractivity contribution in [3.63, 3.8) is 0 Å². The molecule has 1 unspecified atom stereocenters. The third-order valence-electron chi connectivity index (χ3n) is 2.49. The van der Waals surface area contributed by atoms with Crippen molar-refractivity contribution in [2.24, 2.45) is 5.92 Å². The van der Waals surface area contributed by atoms with Crippen LogP contribution < -0.4 is 10.5 Å². The van der Waals surface area contributed by atoms with Crippen LogP contribution in [-0.4, -0.2) is 23.1 Å². The molecule has 0 saturated carbocycles. The van der Waals surface area contributed by atoms with Crippen LogP contribution in [0.4, 0.5) is 5.82 Å². The lowest BCUT2D eigenvalue weighted by molar-refractivity contribution is 0.637. The molecule has 0 bridgehead atoms. The Morgan fingerprint density at radius 1 is 1.65 bits per heavy atom. The van der Waals surface area contributed by atoms with Gasteiger partial charge in [-0.3, -0.25) is 4.79 Å². The van der Waals surface area contributed by atoms with Crippen LogP contribution in [0.5, 0.6) is 0 Å². The summed E-state index contributed by atoms with van der Waals surface area (Å²) in [7, 11) is 1.79. The molecule has 1 rings (SSSR count). The maximum absolute atomic E-state index is 12.0. The largest absolute Gasteiger partial charge is 0.354 e. The molecule has 5 nitrogen and oxygen atoms in total. The molecule has 0 radical (unpaired) electrons. The van der Waals surface area contributed by atoms with Gasteiger partial charge in [0.1, 0.15) is 0 Å². The van der Waals surface area contributed by atoms with E-state index >= 15 is 0 Å². The van der Waals surface area contributed by atoms with Crippen molar-refractivity contribution in [2.45, 2.75) is 26.8 Å². The molecular weight excluding hydrogens is 216 g/mol. The highest BCUT2D eigenvalue weighted by atomic mass is 16.1. The van der Waals surface area contributed by atoms with Crippen LogP contribution in [0.1, 0.15) is 20.3 Å². The molecule has 92 valence electrons. The first-order valence-electron chi connectivity index (χ1n) is 5.76. The second kappa shape index (κ2) is 6.04. The summed E-state index contributed by atoms with van der Waals surface area (Å²) in [5, 5.41) is 8.76. The lowest BCUT2D eigenvalue weighted by atomic mass is 10.2. The highest BCUT2D eigenvalue weighted by molar-refractivity contribution is 5.34. The molecule has 0 amide bonds. The van der Waals surface area contributed by atoms with Crippen LogP contribution in [0.3, 0.4) is 0 Å². The minimum absolute atomic E-state index is 0.0954. The SMILES string of the molecule is CCCn1ccnc(N(C)CC(C)C#N)c1=O. The van der Waals surface area contributed by atoms with Crippen molar-refractivity contribution in [3.8, 4) is 6.07 Å². The van der Waals surface area contributed by atoms with Crippen LogP contribution in [0, 0.1) is 17.2 Å². The van der Waals surface area contributed by atoms with E-state index in [1.54, 1.807) is 28.9 Å². The summed E-state index contributed by atoms with van der Waals surface area (Å²) in [6.07, 6.45) is 4.22. The maximum Gasteiger partial charge on any atom is 0.293 e. The van der Waals surface area contributed by atoms with E-state index in [4.69, 9.17) is 5.26 Å². The number of aromatic nitrogens is 2. The first-order chi connectivity index (χ1) is 8.10. The Morgan fingerprint density at radius 2 is 2.35 bits per heavy atom. The Labute approximate surface area is 101 Å².